The highest BCUT2D eigenvalue weighted by molar-refractivity contribution is 9.10. The molecule has 1 aromatic carbocycles. The highest BCUT2D eigenvalue weighted by atomic mass is 79.9. The van der Waals surface area contributed by atoms with Gasteiger partial charge in [-0.3, -0.25) is 0 Å². The molecule has 0 aromatic heterocycles. The number of aryl methyl sites for hydroxylation is 1. The molecule has 1 aliphatic rings. The van der Waals surface area contributed by atoms with Gasteiger partial charge in [0.1, 0.15) is 11.9 Å². The van der Waals surface area contributed by atoms with Crippen LogP contribution in [0.5, 0.6) is 5.75 Å². The SMILES string of the molecule is Cc1cc(Br)ccc1OC1CCCOC1. The molecule has 1 aromatic rings. The summed E-state index contributed by atoms with van der Waals surface area (Å²) in [6.45, 7) is 3.65. The van der Waals surface area contributed by atoms with Crippen LogP contribution in [0.4, 0.5) is 0 Å². The van der Waals surface area contributed by atoms with E-state index in [1.54, 1.807) is 0 Å². The second-order valence-electron chi connectivity index (χ2n) is 3.87. The molecule has 0 bridgehead atoms. The molecule has 1 unspecified atom stereocenters. The molecule has 0 N–H and O–H groups in total. The summed E-state index contributed by atoms with van der Waals surface area (Å²) in [4.78, 5) is 0. The molecule has 1 saturated heterocycles. The van der Waals surface area contributed by atoms with Gasteiger partial charge in [0.2, 0.25) is 0 Å². The third-order valence-electron chi connectivity index (χ3n) is 2.55. The fourth-order valence-corrected chi connectivity index (χ4v) is 2.20. The summed E-state index contributed by atoms with van der Waals surface area (Å²) in [5.41, 5.74) is 1.16. The molecule has 0 aliphatic carbocycles. The van der Waals surface area contributed by atoms with E-state index < -0.39 is 0 Å². The summed E-state index contributed by atoms with van der Waals surface area (Å²) < 4.78 is 12.4. The van der Waals surface area contributed by atoms with Crippen LogP contribution in [0.3, 0.4) is 0 Å². The van der Waals surface area contributed by atoms with Crippen molar-refractivity contribution in [2.45, 2.75) is 25.9 Å². The summed E-state index contributed by atoms with van der Waals surface area (Å²) in [5.74, 6) is 0.966. The van der Waals surface area contributed by atoms with Crippen molar-refractivity contribution in [2.24, 2.45) is 0 Å². The van der Waals surface area contributed by atoms with E-state index >= 15 is 0 Å². The Balaban J connectivity index is 2.03. The van der Waals surface area contributed by atoms with Crippen LogP contribution in [-0.4, -0.2) is 19.3 Å². The maximum atomic E-state index is 5.90. The minimum Gasteiger partial charge on any atom is -0.488 e. The van der Waals surface area contributed by atoms with Crippen molar-refractivity contribution in [3.05, 3.63) is 28.2 Å². The molecule has 0 spiro atoms. The van der Waals surface area contributed by atoms with Crippen LogP contribution in [0.15, 0.2) is 22.7 Å². The summed E-state index contributed by atoms with van der Waals surface area (Å²) in [5, 5.41) is 0. The van der Waals surface area contributed by atoms with Crippen LogP contribution in [0.25, 0.3) is 0 Å². The molecule has 0 radical (unpaired) electrons. The van der Waals surface area contributed by atoms with Gasteiger partial charge in [0, 0.05) is 11.1 Å². The van der Waals surface area contributed by atoms with Gasteiger partial charge in [-0.2, -0.15) is 0 Å². The first-order chi connectivity index (χ1) is 7.25. The van der Waals surface area contributed by atoms with E-state index in [4.69, 9.17) is 9.47 Å². The van der Waals surface area contributed by atoms with E-state index in [0.717, 1.165) is 41.8 Å². The Morgan fingerprint density at radius 3 is 3.00 bits per heavy atom. The molecule has 0 amide bonds. The number of hydrogen-bond acceptors (Lipinski definition) is 2. The van der Waals surface area contributed by atoms with E-state index in [-0.39, 0.29) is 6.10 Å². The second-order valence-corrected chi connectivity index (χ2v) is 4.78. The van der Waals surface area contributed by atoms with Crippen LogP contribution in [0.1, 0.15) is 18.4 Å². The fraction of sp³-hybridized carbons (Fsp3) is 0.500. The largest absolute Gasteiger partial charge is 0.488 e. The Morgan fingerprint density at radius 1 is 1.47 bits per heavy atom. The van der Waals surface area contributed by atoms with Gasteiger partial charge in [-0.1, -0.05) is 15.9 Å². The van der Waals surface area contributed by atoms with Gasteiger partial charge < -0.3 is 9.47 Å². The molecule has 1 heterocycles. The summed E-state index contributed by atoms with van der Waals surface area (Å²) in [6.07, 6.45) is 2.41. The third-order valence-corrected chi connectivity index (χ3v) is 3.04. The summed E-state index contributed by atoms with van der Waals surface area (Å²) in [6, 6.07) is 6.08. The predicted octanol–water partition coefficient (Wildman–Crippen LogP) is 3.32. The lowest BCUT2D eigenvalue weighted by Crippen LogP contribution is -2.28. The zero-order valence-electron chi connectivity index (χ0n) is 8.83. The van der Waals surface area contributed by atoms with E-state index in [2.05, 4.69) is 28.9 Å². The molecule has 1 aliphatic heterocycles. The number of benzene rings is 1. The highest BCUT2D eigenvalue weighted by Crippen LogP contribution is 2.24. The van der Waals surface area contributed by atoms with Crippen LogP contribution < -0.4 is 4.74 Å². The Hall–Kier alpha value is -0.540. The molecule has 0 saturated carbocycles. The monoisotopic (exact) mass is 270 g/mol. The van der Waals surface area contributed by atoms with Gasteiger partial charge in [-0.25, -0.2) is 0 Å². The van der Waals surface area contributed by atoms with E-state index in [1.807, 2.05) is 12.1 Å². The zero-order valence-corrected chi connectivity index (χ0v) is 10.4. The second kappa shape index (κ2) is 4.99. The minimum atomic E-state index is 0.221. The molecule has 1 fully saturated rings. The maximum Gasteiger partial charge on any atom is 0.122 e. The average molecular weight is 271 g/mol. The predicted molar refractivity (Wildman–Crippen MR) is 63.3 cm³/mol. The highest BCUT2D eigenvalue weighted by Gasteiger charge is 2.15. The van der Waals surface area contributed by atoms with Gasteiger partial charge in [0.25, 0.3) is 0 Å². The van der Waals surface area contributed by atoms with Crippen LogP contribution in [0, 0.1) is 6.92 Å². The van der Waals surface area contributed by atoms with Crippen molar-refractivity contribution in [3.8, 4) is 5.75 Å². The van der Waals surface area contributed by atoms with Crippen molar-refractivity contribution in [1.29, 1.82) is 0 Å². The van der Waals surface area contributed by atoms with Gasteiger partial charge in [-0.05, 0) is 43.5 Å². The Morgan fingerprint density at radius 2 is 2.33 bits per heavy atom. The summed E-state index contributed by atoms with van der Waals surface area (Å²) in [7, 11) is 0. The fourth-order valence-electron chi connectivity index (χ4n) is 1.73. The lowest BCUT2D eigenvalue weighted by molar-refractivity contribution is 0.00715. The van der Waals surface area contributed by atoms with Crippen LogP contribution in [0.2, 0.25) is 0 Å². The zero-order chi connectivity index (χ0) is 10.7. The van der Waals surface area contributed by atoms with Crippen molar-refractivity contribution in [1.82, 2.24) is 0 Å². The normalized spacial score (nSPS) is 21.3. The molecular weight excluding hydrogens is 256 g/mol. The third kappa shape index (κ3) is 2.95. The number of halogens is 1. The van der Waals surface area contributed by atoms with Gasteiger partial charge in [-0.15, -0.1) is 0 Å². The standard InChI is InChI=1S/C12H15BrO2/c1-9-7-10(13)4-5-12(9)15-11-3-2-6-14-8-11/h4-5,7,11H,2-3,6,8H2,1H3. The number of ether oxygens (including phenoxy) is 2. The molecule has 2 nitrogen and oxygen atoms in total. The van der Waals surface area contributed by atoms with Crippen molar-refractivity contribution < 1.29 is 9.47 Å². The van der Waals surface area contributed by atoms with Crippen molar-refractivity contribution >= 4 is 15.9 Å². The Kier molecular flexibility index (Phi) is 3.65. The van der Waals surface area contributed by atoms with Crippen LogP contribution >= 0.6 is 15.9 Å². The Labute approximate surface area is 98.7 Å². The first-order valence-corrected chi connectivity index (χ1v) is 6.05. The first-order valence-electron chi connectivity index (χ1n) is 5.26. The minimum absolute atomic E-state index is 0.221. The van der Waals surface area contributed by atoms with E-state index in [1.165, 1.54) is 0 Å². The summed E-state index contributed by atoms with van der Waals surface area (Å²) >= 11 is 3.44. The lowest BCUT2D eigenvalue weighted by Gasteiger charge is -2.24. The van der Waals surface area contributed by atoms with E-state index in [9.17, 15) is 0 Å². The van der Waals surface area contributed by atoms with Crippen molar-refractivity contribution in [2.75, 3.05) is 13.2 Å². The van der Waals surface area contributed by atoms with E-state index in [0.29, 0.717) is 0 Å². The molecule has 2 rings (SSSR count). The molecule has 82 valence electrons. The Bertz CT molecular complexity index is 332. The lowest BCUT2D eigenvalue weighted by atomic mass is 10.1. The average Bonchev–Trinajstić information content (AvgIpc) is 2.24. The smallest absolute Gasteiger partial charge is 0.122 e. The maximum absolute atomic E-state index is 5.90. The van der Waals surface area contributed by atoms with Gasteiger partial charge in [0.05, 0.1) is 6.61 Å². The molecule has 1 atom stereocenters. The van der Waals surface area contributed by atoms with Crippen molar-refractivity contribution in [3.63, 3.8) is 0 Å². The first kappa shape index (κ1) is 11.0. The van der Waals surface area contributed by atoms with Gasteiger partial charge >= 0.3 is 0 Å². The molecule has 15 heavy (non-hydrogen) atoms. The molecular formula is C12H15BrO2. The quantitative estimate of drug-likeness (QED) is 0.821. The number of hydrogen-bond donors (Lipinski definition) is 0. The van der Waals surface area contributed by atoms with Crippen LogP contribution in [-0.2, 0) is 4.74 Å². The van der Waals surface area contributed by atoms with Gasteiger partial charge in [0.15, 0.2) is 0 Å². The number of rotatable bonds is 2. The molecule has 3 heteroatoms. The topological polar surface area (TPSA) is 18.5 Å².